The quantitative estimate of drug-likeness (QED) is 0.469. The highest BCUT2D eigenvalue weighted by Crippen LogP contribution is 2.14. The van der Waals surface area contributed by atoms with Crippen LogP contribution in [0.25, 0.3) is 0 Å². The van der Waals surface area contributed by atoms with Crippen LogP contribution in [0.5, 0.6) is 0 Å². The van der Waals surface area contributed by atoms with Crippen molar-refractivity contribution in [2.45, 2.75) is 0 Å². The molecule has 3 rings (SSSR count). The maximum Gasteiger partial charge on any atom is 0.247 e. The fourth-order valence-corrected chi connectivity index (χ4v) is 2.73. The monoisotopic (exact) mass is 388 g/mol. The van der Waals surface area contributed by atoms with E-state index in [1.54, 1.807) is 18.3 Å². The van der Waals surface area contributed by atoms with Gasteiger partial charge in [-0.15, -0.1) is 5.10 Å². The summed E-state index contributed by atoms with van der Waals surface area (Å²) in [7, 11) is 5.76. The van der Waals surface area contributed by atoms with Crippen LogP contribution in [0.2, 0.25) is 0 Å². The Morgan fingerprint density at radius 1 is 1.22 bits per heavy atom. The number of rotatable bonds is 4. The lowest BCUT2D eigenvalue weighted by Crippen LogP contribution is -2.37. The van der Waals surface area contributed by atoms with Gasteiger partial charge in [-0.05, 0) is 29.9 Å². The molecule has 1 saturated heterocycles. The average Bonchev–Trinajstić information content (AvgIpc) is 3.08. The van der Waals surface area contributed by atoms with Gasteiger partial charge in [0.1, 0.15) is 0 Å². The number of nitrogens with two attached hydrogens (primary N) is 1. The van der Waals surface area contributed by atoms with Crippen LogP contribution in [0.1, 0.15) is 5.56 Å². The molecular weight excluding hydrogens is 364 g/mol. The van der Waals surface area contributed by atoms with E-state index in [0.717, 1.165) is 24.3 Å². The SMILES string of the molecule is CN(/N=C/c1ccc(N(C)C)cc1)C(=S)n1nc(N2CCOCC2)nc1N. The van der Waals surface area contributed by atoms with Crippen molar-refractivity contribution in [2.24, 2.45) is 5.10 Å². The predicted octanol–water partition coefficient (Wildman–Crippen LogP) is 0.862. The largest absolute Gasteiger partial charge is 0.378 e. The summed E-state index contributed by atoms with van der Waals surface area (Å²) in [6.07, 6.45) is 1.74. The lowest BCUT2D eigenvalue weighted by Gasteiger charge is -2.25. The molecule has 2 heterocycles. The molecular formula is C17H24N8OS. The van der Waals surface area contributed by atoms with Gasteiger partial charge in [0.25, 0.3) is 0 Å². The first-order chi connectivity index (χ1) is 13.0. The number of morpholine rings is 1. The van der Waals surface area contributed by atoms with Crippen LogP contribution in [0, 0.1) is 0 Å². The summed E-state index contributed by atoms with van der Waals surface area (Å²) in [6, 6.07) is 8.06. The number of hydrogen-bond donors (Lipinski definition) is 1. The van der Waals surface area contributed by atoms with Gasteiger partial charge >= 0.3 is 0 Å². The molecule has 0 radical (unpaired) electrons. The average molecular weight is 389 g/mol. The molecule has 0 saturated carbocycles. The fraction of sp³-hybridized carbons (Fsp3) is 0.412. The number of benzene rings is 1. The van der Waals surface area contributed by atoms with Gasteiger partial charge in [0.15, 0.2) is 0 Å². The summed E-state index contributed by atoms with van der Waals surface area (Å²) in [5.41, 5.74) is 8.09. The van der Waals surface area contributed by atoms with Crippen molar-refractivity contribution in [1.29, 1.82) is 0 Å². The lowest BCUT2D eigenvalue weighted by molar-refractivity contribution is 0.122. The summed E-state index contributed by atoms with van der Waals surface area (Å²) in [6.45, 7) is 2.76. The van der Waals surface area contributed by atoms with Crippen LogP contribution in [0.4, 0.5) is 17.6 Å². The molecule has 1 fully saturated rings. The van der Waals surface area contributed by atoms with Gasteiger partial charge in [-0.2, -0.15) is 14.8 Å². The minimum Gasteiger partial charge on any atom is -0.378 e. The standard InChI is InChI=1S/C17H24N8OS/c1-22(2)14-6-4-13(5-7-14)12-19-23(3)17(27)25-15(18)20-16(21-25)24-8-10-26-11-9-24/h4-7,12H,8-11H2,1-3H3,(H2,18,20,21)/b19-12+. The Hall–Kier alpha value is -2.72. The molecule has 144 valence electrons. The van der Waals surface area contributed by atoms with Crippen LogP contribution >= 0.6 is 12.2 Å². The molecule has 0 bridgehead atoms. The number of anilines is 3. The Balaban J connectivity index is 1.68. The molecule has 9 nitrogen and oxygen atoms in total. The Bertz CT molecular complexity index is 811. The number of hydrogen-bond acceptors (Lipinski definition) is 8. The molecule has 0 spiro atoms. The molecule has 1 aromatic heterocycles. The molecule has 0 amide bonds. The van der Waals surface area contributed by atoms with Gasteiger partial charge in [0.2, 0.25) is 17.0 Å². The number of hydrazone groups is 1. The molecule has 0 unspecified atom stereocenters. The summed E-state index contributed by atoms with van der Waals surface area (Å²) < 4.78 is 6.77. The topological polar surface area (TPSA) is 88.0 Å². The molecule has 0 atom stereocenters. The van der Waals surface area contributed by atoms with Gasteiger partial charge < -0.3 is 20.3 Å². The van der Waals surface area contributed by atoms with E-state index in [9.17, 15) is 0 Å². The maximum atomic E-state index is 6.00. The van der Waals surface area contributed by atoms with E-state index in [2.05, 4.69) is 15.2 Å². The molecule has 1 aromatic carbocycles. The van der Waals surface area contributed by atoms with E-state index >= 15 is 0 Å². The number of nitrogen functional groups attached to an aromatic ring is 1. The third-order valence-electron chi connectivity index (χ3n) is 4.16. The summed E-state index contributed by atoms with van der Waals surface area (Å²) in [5.74, 6) is 0.786. The zero-order chi connectivity index (χ0) is 19.4. The van der Waals surface area contributed by atoms with E-state index in [1.807, 2.05) is 48.2 Å². The number of thiocarbonyl (C=S) groups is 1. The smallest absolute Gasteiger partial charge is 0.247 e. The highest BCUT2D eigenvalue weighted by molar-refractivity contribution is 7.80. The Kier molecular flexibility index (Phi) is 5.87. The van der Waals surface area contributed by atoms with E-state index in [4.69, 9.17) is 22.7 Å². The van der Waals surface area contributed by atoms with Crippen LogP contribution in [-0.4, -0.2) is 78.5 Å². The second kappa shape index (κ2) is 8.31. The third-order valence-corrected chi connectivity index (χ3v) is 4.60. The Morgan fingerprint density at radius 3 is 2.52 bits per heavy atom. The van der Waals surface area contributed by atoms with Crippen LogP contribution in [0.15, 0.2) is 29.4 Å². The highest BCUT2D eigenvalue weighted by Gasteiger charge is 2.20. The first-order valence-electron chi connectivity index (χ1n) is 8.60. The third kappa shape index (κ3) is 4.52. The van der Waals surface area contributed by atoms with Crippen molar-refractivity contribution >= 4 is 41.1 Å². The minimum absolute atomic E-state index is 0.235. The Labute approximate surface area is 164 Å². The predicted molar refractivity (Wildman–Crippen MR) is 112 cm³/mol. The maximum absolute atomic E-state index is 6.00. The zero-order valence-electron chi connectivity index (χ0n) is 15.7. The number of ether oxygens (including phenoxy) is 1. The van der Waals surface area contributed by atoms with Crippen molar-refractivity contribution in [2.75, 3.05) is 63.0 Å². The van der Waals surface area contributed by atoms with Gasteiger partial charge in [0.05, 0.1) is 19.4 Å². The minimum atomic E-state index is 0.235. The van der Waals surface area contributed by atoms with Crippen LogP contribution in [0.3, 0.4) is 0 Å². The van der Waals surface area contributed by atoms with E-state index in [1.165, 1.54) is 4.68 Å². The molecule has 10 heteroatoms. The van der Waals surface area contributed by atoms with Crippen LogP contribution in [-0.2, 0) is 4.74 Å². The van der Waals surface area contributed by atoms with Crippen molar-refractivity contribution < 1.29 is 4.74 Å². The van der Waals surface area contributed by atoms with E-state index < -0.39 is 0 Å². The second-order valence-corrected chi connectivity index (χ2v) is 6.68. The molecule has 0 aliphatic carbocycles. The van der Waals surface area contributed by atoms with Crippen LogP contribution < -0.4 is 15.5 Å². The summed E-state index contributed by atoms with van der Waals surface area (Å²) >= 11 is 5.46. The second-order valence-electron chi connectivity index (χ2n) is 6.32. The molecule has 1 aliphatic heterocycles. The fourth-order valence-electron chi connectivity index (χ4n) is 2.55. The van der Waals surface area contributed by atoms with E-state index in [-0.39, 0.29) is 5.95 Å². The molecule has 1 aliphatic rings. The van der Waals surface area contributed by atoms with Gasteiger partial charge in [-0.1, -0.05) is 12.1 Å². The normalized spacial score (nSPS) is 14.6. The Morgan fingerprint density at radius 2 is 1.89 bits per heavy atom. The van der Waals surface area contributed by atoms with E-state index in [0.29, 0.717) is 24.3 Å². The van der Waals surface area contributed by atoms with Crippen molar-refractivity contribution in [1.82, 2.24) is 19.8 Å². The summed E-state index contributed by atoms with van der Waals surface area (Å²) in [5, 5.41) is 10.7. The van der Waals surface area contributed by atoms with Gasteiger partial charge in [-0.25, -0.2) is 5.01 Å². The van der Waals surface area contributed by atoms with Crippen molar-refractivity contribution in [3.8, 4) is 0 Å². The first kappa shape index (κ1) is 19.1. The van der Waals surface area contributed by atoms with Gasteiger partial charge in [-0.3, -0.25) is 0 Å². The number of nitrogens with zero attached hydrogens (tertiary/aromatic N) is 7. The van der Waals surface area contributed by atoms with Crippen molar-refractivity contribution in [3.63, 3.8) is 0 Å². The zero-order valence-corrected chi connectivity index (χ0v) is 16.6. The molecule has 2 N–H and O–H groups in total. The molecule has 2 aromatic rings. The van der Waals surface area contributed by atoms with Crippen molar-refractivity contribution in [3.05, 3.63) is 29.8 Å². The van der Waals surface area contributed by atoms with Gasteiger partial charge in [0, 0.05) is 39.9 Å². The first-order valence-corrected chi connectivity index (χ1v) is 9.01. The highest BCUT2D eigenvalue weighted by atomic mass is 32.1. The lowest BCUT2D eigenvalue weighted by atomic mass is 10.2. The number of aromatic nitrogens is 3. The summed E-state index contributed by atoms with van der Waals surface area (Å²) in [4.78, 5) is 8.38. The molecule has 27 heavy (non-hydrogen) atoms.